The summed E-state index contributed by atoms with van der Waals surface area (Å²) in [5, 5.41) is 2.09. The van der Waals surface area contributed by atoms with Crippen molar-refractivity contribution in [2.75, 3.05) is 0 Å². The minimum absolute atomic E-state index is 0.523. The molecule has 0 aliphatic rings. The first-order chi connectivity index (χ1) is 22.1. The lowest BCUT2D eigenvalue weighted by molar-refractivity contribution is 0.621. The summed E-state index contributed by atoms with van der Waals surface area (Å²) in [5.41, 5.74) is 11.6. The number of para-hydroxylation sites is 3. The Morgan fingerprint density at radius 3 is 1.96 bits per heavy atom. The van der Waals surface area contributed by atoms with E-state index in [1.165, 1.54) is 27.8 Å². The van der Waals surface area contributed by atoms with Gasteiger partial charge in [-0.3, -0.25) is 0 Å². The Balaban J connectivity index is 1.36. The molecule has 8 aromatic rings. The van der Waals surface area contributed by atoms with Gasteiger partial charge in [0.2, 0.25) is 5.71 Å². The van der Waals surface area contributed by atoms with Crippen molar-refractivity contribution in [3.05, 3.63) is 145 Å². The van der Waals surface area contributed by atoms with Gasteiger partial charge in [-0.25, -0.2) is 9.97 Å². The normalized spacial score (nSPS) is 11.7. The van der Waals surface area contributed by atoms with Gasteiger partial charge in [0.25, 0.3) is 0 Å². The van der Waals surface area contributed by atoms with E-state index in [2.05, 4.69) is 152 Å². The third-order valence-electron chi connectivity index (χ3n) is 8.60. The Labute approximate surface area is 262 Å². The second-order valence-corrected chi connectivity index (χ2v) is 12.1. The Bertz CT molecular complexity index is 2240. The van der Waals surface area contributed by atoms with Crippen LogP contribution in [0.3, 0.4) is 0 Å². The largest absolute Gasteiger partial charge is 0.437 e. The van der Waals surface area contributed by atoms with Gasteiger partial charge in [0, 0.05) is 16.5 Å². The molecule has 0 aliphatic carbocycles. The molecule has 0 N–H and O–H groups in total. The molecule has 5 aromatic carbocycles. The molecule has 0 bridgehead atoms. The first-order valence-corrected chi connectivity index (χ1v) is 15.6. The summed E-state index contributed by atoms with van der Waals surface area (Å²) in [5.74, 6) is 1.40. The predicted octanol–water partition coefficient (Wildman–Crippen LogP) is 10.6. The van der Waals surface area contributed by atoms with E-state index in [-0.39, 0.29) is 0 Å². The molecule has 3 heterocycles. The quantitative estimate of drug-likeness (QED) is 0.187. The van der Waals surface area contributed by atoms with Gasteiger partial charge in [0.05, 0.1) is 23.1 Å². The Morgan fingerprint density at radius 2 is 1.24 bits per heavy atom. The highest BCUT2D eigenvalue weighted by Crippen LogP contribution is 2.39. The first-order valence-electron chi connectivity index (χ1n) is 15.6. The van der Waals surface area contributed by atoms with E-state index >= 15 is 0 Å². The fraction of sp³-hybridized carbons (Fsp3) is 0.122. The van der Waals surface area contributed by atoms with Crippen LogP contribution in [-0.4, -0.2) is 14.5 Å². The van der Waals surface area contributed by atoms with E-state index in [9.17, 15) is 0 Å². The minimum Gasteiger partial charge on any atom is -0.437 e. The van der Waals surface area contributed by atoms with Crippen LogP contribution in [-0.2, 0) is 13.0 Å². The molecule has 4 nitrogen and oxygen atoms in total. The molecule has 4 heteroatoms. The maximum Gasteiger partial charge on any atom is 0.227 e. The van der Waals surface area contributed by atoms with E-state index in [0.29, 0.717) is 18.2 Å². The van der Waals surface area contributed by atoms with Crippen LogP contribution in [0.4, 0.5) is 0 Å². The molecular formula is C41H33N3O. The first kappa shape index (κ1) is 27.1. The fourth-order valence-corrected chi connectivity index (χ4v) is 6.56. The molecule has 0 unspecified atom stereocenters. The van der Waals surface area contributed by atoms with Crippen molar-refractivity contribution in [2.24, 2.45) is 5.92 Å². The van der Waals surface area contributed by atoms with Crippen molar-refractivity contribution in [1.29, 1.82) is 0 Å². The molecule has 0 amide bonds. The predicted molar refractivity (Wildman–Crippen MR) is 185 cm³/mol. The highest BCUT2D eigenvalue weighted by Gasteiger charge is 2.21. The zero-order chi connectivity index (χ0) is 30.3. The van der Waals surface area contributed by atoms with Gasteiger partial charge in [-0.05, 0) is 70.5 Å². The number of fused-ring (bicyclic) bond motifs is 4. The Morgan fingerprint density at radius 1 is 0.600 bits per heavy atom. The van der Waals surface area contributed by atoms with Crippen molar-refractivity contribution in [3.8, 4) is 33.6 Å². The van der Waals surface area contributed by atoms with Crippen LogP contribution in [0.25, 0.3) is 66.7 Å². The van der Waals surface area contributed by atoms with Crippen LogP contribution >= 0.6 is 0 Å². The maximum atomic E-state index is 6.58. The number of hydrogen-bond acceptors (Lipinski definition) is 3. The van der Waals surface area contributed by atoms with Gasteiger partial charge in [-0.2, -0.15) is 0 Å². The van der Waals surface area contributed by atoms with E-state index < -0.39 is 0 Å². The van der Waals surface area contributed by atoms with Crippen molar-refractivity contribution >= 4 is 33.1 Å². The summed E-state index contributed by atoms with van der Waals surface area (Å²) in [7, 11) is 0. The fourth-order valence-electron chi connectivity index (χ4n) is 6.56. The lowest BCUT2D eigenvalue weighted by Crippen LogP contribution is -2.06. The number of hydrogen-bond donors (Lipinski definition) is 0. The van der Waals surface area contributed by atoms with Gasteiger partial charge in [0.15, 0.2) is 0 Å². The van der Waals surface area contributed by atoms with Crippen molar-refractivity contribution in [2.45, 2.75) is 26.8 Å². The number of imidazole rings is 1. The van der Waals surface area contributed by atoms with Crippen LogP contribution in [0.15, 0.2) is 138 Å². The van der Waals surface area contributed by atoms with Crippen molar-refractivity contribution in [1.82, 2.24) is 14.5 Å². The van der Waals surface area contributed by atoms with Crippen LogP contribution in [0, 0.1) is 5.92 Å². The number of furan rings is 1. The molecule has 0 saturated carbocycles. The summed E-state index contributed by atoms with van der Waals surface area (Å²) in [4.78, 5) is 10.2. The molecule has 45 heavy (non-hydrogen) atoms. The monoisotopic (exact) mass is 583 g/mol. The molecule has 0 radical (unpaired) electrons. The third-order valence-corrected chi connectivity index (χ3v) is 8.60. The van der Waals surface area contributed by atoms with Crippen LogP contribution in [0.1, 0.15) is 25.1 Å². The number of benzene rings is 5. The molecule has 0 fully saturated rings. The third kappa shape index (κ3) is 4.89. The second-order valence-electron chi connectivity index (χ2n) is 12.1. The summed E-state index contributed by atoms with van der Waals surface area (Å²) in [6.07, 6.45) is 0.917. The minimum atomic E-state index is 0.523. The van der Waals surface area contributed by atoms with E-state index in [0.717, 1.165) is 50.9 Å². The molecule has 3 aromatic heterocycles. The van der Waals surface area contributed by atoms with Gasteiger partial charge < -0.3 is 8.98 Å². The number of nitrogens with zero attached hydrogens (tertiary/aromatic N) is 3. The highest BCUT2D eigenvalue weighted by molar-refractivity contribution is 6.08. The van der Waals surface area contributed by atoms with Gasteiger partial charge in [-0.1, -0.05) is 117 Å². The van der Waals surface area contributed by atoms with Crippen LogP contribution < -0.4 is 0 Å². The lowest BCUT2D eigenvalue weighted by atomic mass is 9.91. The van der Waals surface area contributed by atoms with E-state index in [1.807, 2.05) is 0 Å². The highest BCUT2D eigenvalue weighted by atomic mass is 16.3. The SMILES string of the molecule is CC(C)Cc1ccc2c(n1)oc1c(-c3nc4ccccc4n3Cc3c(-c4ccccc4)cccc3-c3ccccc3)cccc12. The molecule has 8 rings (SSSR count). The Hall–Kier alpha value is -5.48. The molecule has 0 aliphatic heterocycles. The van der Waals surface area contributed by atoms with Crippen molar-refractivity contribution in [3.63, 3.8) is 0 Å². The number of rotatable bonds is 7. The second kappa shape index (κ2) is 11.2. The smallest absolute Gasteiger partial charge is 0.227 e. The molecular weight excluding hydrogens is 550 g/mol. The molecule has 218 valence electrons. The van der Waals surface area contributed by atoms with Gasteiger partial charge in [-0.15, -0.1) is 0 Å². The average molecular weight is 584 g/mol. The summed E-state index contributed by atoms with van der Waals surface area (Å²) >= 11 is 0. The Kier molecular flexibility index (Phi) is 6.76. The van der Waals surface area contributed by atoms with E-state index in [4.69, 9.17) is 14.4 Å². The van der Waals surface area contributed by atoms with Crippen molar-refractivity contribution < 1.29 is 4.42 Å². The summed E-state index contributed by atoms with van der Waals surface area (Å²) in [6, 6.07) is 47.0. The summed E-state index contributed by atoms with van der Waals surface area (Å²) < 4.78 is 8.93. The van der Waals surface area contributed by atoms with Gasteiger partial charge >= 0.3 is 0 Å². The van der Waals surface area contributed by atoms with Crippen LogP contribution in [0.2, 0.25) is 0 Å². The summed E-state index contributed by atoms with van der Waals surface area (Å²) in [6.45, 7) is 5.07. The number of pyridine rings is 1. The topological polar surface area (TPSA) is 43.9 Å². The van der Waals surface area contributed by atoms with E-state index in [1.54, 1.807) is 0 Å². The van der Waals surface area contributed by atoms with Crippen LogP contribution in [0.5, 0.6) is 0 Å². The number of aromatic nitrogens is 3. The molecule has 0 saturated heterocycles. The molecule has 0 spiro atoms. The zero-order valence-electron chi connectivity index (χ0n) is 25.4. The zero-order valence-corrected chi connectivity index (χ0v) is 25.4. The van der Waals surface area contributed by atoms with Gasteiger partial charge in [0.1, 0.15) is 11.4 Å². The maximum absolute atomic E-state index is 6.58. The molecule has 0 atom stereocenters. The average Bonchev–Trinajstić information content (AvgIpc) is 3.63. The lowest BCUT2D eigenvalue weighted by Gasteiger charge is -2.18. The standard InChI is InChI=1S/C41H33N3O/c1-27(2)25-30-23-24-34-33-19-12-20-35(39(33)45-41(34)42-30)40-43-37-21-9-10-22-38(37)44(40)26-36-31(28-13-5-3-6-14-28)17-11-18-32(36)29-15-7-4-8-16-29/h3-24,27H,25-26H2,1-2H3.